The van der Waals surface area contributed by atoms with Crippen molar-refractivity contribution in [3.05, 3.63) is 23.8 Å². The molecule has 0 spiro atoms. The number of ketones is 1. The zero-order valence-electron chi connectivity index (χ0n) is 13.3. The van der Waals surface area contributed by atoms with E-state index in [1.54, 1.807) is 23.1 Å². The number of nitrogens with zero attached hydrogens (tertiary/aromatic N) is 1. The van der Waals surface area contributed by atoms with Crippen molar-refractivity contribution in [2.75, 3.05) is 26.3 Å². The van der Waals surface area contributed by atoms with Crippen LogP contribution in [0.25, 0.3) is 0 Å². The van der Waals surface area contributed by atoms with Crippen LogP contribution in [0.4, 0.5) is 0 Å². The quantitative estimate of drug-likeness (QED) is 0.727. The molecule has 0 N–H and O–H groups in total. The number of carbonyl (C=O) groups excluding carboxylic acids is 2. The van der Waals surface area contributed by atoms with Gasteiger partial charge in [-0.2, -0.15) is 0 Å². The van der Waals surface area contributed by atoms with Gasteiger partial charge in [-0.25, -0.2) is 0 Å². The van der Waals surface area contributed by atoms with Gasteiger partial charge in [-0.15, -0.1) is 0 Å². The van der Waals surface area contributed by atoms with E-state index in [2.05, 4.69) is 0 Å². The van der Waals surface area contributed by atoms with Crippen molar-refractivity contribution >= 4 is 11.7 Å². The van der Waals surface area contributed by atoms with Crippen LogP contribution in [-0.4, -0.2) is 42.9 Å². The lowest BCUT2D eigenvalue weighted by atomic mass is 10.0. The van der Waals surface area contributed by atoms with Crippen molar-refractivity contribution in [1.82, 2.24) is 4.90 Å². The number of rotatable bonds is 7. The van der Waals surface area contributed by atoms with E-state index in [0.717, 1.165) is 0 Å². The highest BCUT2D eigenvalue weighted by molar-refractivity contribution is 5.96. The summed E-state index contributed by atoms with van der Waals surface area (Å²) in [5, 5.41) is 0. The molecule has 1 aliphatic rings. The molecule has 5 nitrogen and oxygen atoms in total. The van der Waals surface area contributed by atoms with Crippen LogP contribution in [-0.2, 0) is 4.79 Å². The predicted octanol–water partition coefficient (Wildman–Crippen LogP) is 2.68. The fourth-order valence-electron chi connectivity index (χ4n) is 2.50. The zero-order valence-corrected chi connectivity index (χ0v) is 13.3. The Labute approximate surface area is 131 Å². The molecule has 0 atom stereocenters. The van der Waals surface area contributed by atoms with Crippen LogP contribution in [0.3, 0.4) is 0 Å². The van der Waals surface area contributed by atoms with E-state index in [-0.39, 0.29) is 11.7 Å². The summed E-state index contributed by atoms with van der Waals surface area (Å²) in [6.45, 7) is 6.39. The van der Waals surface area contributed by atoms with Crippen LogP contribution in [0.5, 0.6) is 11.5 Å². The molecule has 1 aromatic rings. The molecular formula is C17H23NO4. The highest BCUT2D eigenvalue weighted by Crippen LogP contribution is 2.31. The van der Waals surface area contributed by atoms with Crippen molar-refractivity contribution in [3.63, 3.8) is 0 Å². The summed E-state index contributed by atoms with van der Waals surface area (Å²) >= 11 is 0. The maximum Gasteiger partial charge on any atom is 0.222 e. The van der Waals surface area contributed by atoms with Gasteiger partial charge in [-0.1, -0.05) is 0 Å². The first kappa shape index (κ1) is 16.3. The second kappa shape index (κ2) is 7.82. The minimum Gasteiger partial charge on any atom is -0.486 e. The predicted molar refractivity (Wildman–Crippen MR) is 83.5 cm³/mol. The average molecular weight is 305 g/mol. The molecule has 0 aliphatic carbocycles. The number of Topliss-reactive ketones (excluding diaryl/α,β-unsaturated/α-hetero) is 1. The highest BCUT2D eigenvalue weighted by atomic mass is 16.6. The lowest BCUT2D eigenvalue weighted by molar-refractivity contribution is -0.130. The summed E-state index contributed by atoms with van der Waals surface area (Å²) in [5.41, 5.74) is 0.611. The van der Waals surface area contributed by atoms with Crippen LogP contribution in [0, 0.1) is 0 Å². The Hall–Kier alpha value is -2.04. The Balaban J connectivity index is 1.86. The van der Waals surface area contributed by atoms with Crippen LogP contribution in [0.2, 0.25) is 0 Å². The second-order valence-electron chi connectivity index (χ2n) is 5.20. The summed E-state index contributed by atoms with van der Waals surface area (Å²) in [5.74, 6) is 1.44. The molecule has 1 heterocycles. The monoisotopic (exact) mass is 305 g/mol. The van der Waals surface area contributed by atoms with Crippen LogP contribution < -0.4 is 9.47 Å². The molecule has 22 heavy (non-hydrogen) atoms. The average Bonchev–Trinajstić information content (AvgIpc) is 2.55. The summed E-state index contributed by atoms with van der Waals surface area (Å²) in [6, 6.07) is 5.24. The van der Waals surface area contributed by atoms with Crippen LogP contribution in [0.1, 0.15) is 43.5 Å². The van der Waals surface area contributed by atoms with E-state index in [1.807, 2.05) is 13.8 Å². The molecule has 0 unspecified atom stereocenters. The highest BCUT2D eigenvalue weighted by Gasteiger charge is 2.16. The summed E-state index contributed by atoms with van der Waals surface area (Å²) in [4.78, 5) is 25.9. The number of hydrogen-bond acceptors (Lipinski definition) is 4. The fourth-order valence-corrected chi connectivity index (χ4v) is 2.50. The molecule has 1 aliphatic heterocycles. The van der Waals surface area contributed by atoms with Gasteiger partial charge in [-0.05, 0) is 38.5 Å². The molecule has 0 fully saturated rings. The second-order valence-corrected chi connectivity index (χ2v) is 5.20. The van der Waals surface area contributed by atoms with E-state index in [0.29, 0.717) is 62.6 Å². The van der Waals surface area contributed by atoms with Crippen molar-refractivity contribution in [3.8, 4) is 11.5 Å². The molecule has 0 saturated carbocycles. The number of hydrogen-bond donors (Lipinski definition) is 0. The largest absolute Gasteiger partial charge is 0.486 e. The van der Waals surface area contributed by atoms with Gasteiger partial charge in [0, 0.05) is 31.5 Å². The van der Waals surface area contributed by atoms with E-state index in [1.165, 1.54) is 0 Å². The summed E-state index contributed by atoms with van der Waals surface area (Å²) in [7, 11) is 0. The Morgan fingerprint density at radius 1 is 1.05 bits per heavy atom. The minimum absolute atomic E-state index is 0.0318. The standard InChI is InChI=1S/C17H23NO4/c1-3-18(4-2)17(20)7-5-6-14(19)13-8-9-15-16(12-13)22-11-10-21-15/h8-9,12H,3-7,10-11H2,1-2H3. The molecular weight excluding hydrogens is 282 g/mol. The number of carbonyl (C=O) groups is 2. The SMILES string of the molecule is CCN(CC)C(=O)CCCC(=O)c1ccc2c(c1)OCCO2. The fraction of sp³-hybridized carbons (Fsp3) is 0.529. The first-order valence-corrected chi connectivity index (χ1v) is 7.86. The van der Waals surface area contributed by atoms with E-state index >= 15 is 0 Å². The van der Waals surface area contributed by atoms with Crippen LogP contribution >= 0.6 is 0 Å². The van der Waals surface area contributed by atoms with Gasteiger partial charge < -0.3 is 14.4 Å². The van der Waals surface area contributed by atoms with Gasteiger partial charge in [0.2, 0.25) is 5.91 Å². The molecule has 1 aromatic carbocycles. The third-order valence-electron chi connectivity index (χ3n) is 3.77. The van der Waals surface area contributed by atoms with Crippen molar-refractivity contribution < 1.29 is 19.1 Å². The molecule has 5 heteroatoms. The Morgan fingerprint density at radius 3 is 2.41 bits per heavy atom. The maximum atomic E-state index is 12.2. The molecule has 0 aromatic heterocycles. The molecule has 0 radical (unpaired) electrons. The summed E-state index contributed by atoms with van der Waals surface area (Å²) in [6.07, 6.45) is 1.35. The molecule has 0 bridgehead atoms. The van der Waals surface area contributed by atoms with Gasteiger partial charge in [0.15, 0.2) is 17.3 Å². The number of fused-ring (bicyclic) bond motifs is 1. The normalized spacial score (nSPS) is 12.8. The van der Waals surface area contributed by atoms with Gasteiger partial charge >= 0.3 is 0 Å². The smallest absolute Gasteiger partial charge is 0.222 e. The lowest BCUT2D eigenvalue weighted by Crippen LogP contribution is -2.30. The Kier molecular flexibility index (Phi) is 5.81. The first-order chi connectivity index (χ1) is 10.7. The lowest BCUT2D eigenvalue weighted by Gasteiger charge is -2.19. The topological polar surface area (TPSA) is 55.8 Å². The van der Waals surface area contributed by atoms with E-state index in [4.69, 9.17) is 9.47 Å². The molecule has 1 amide bonds. The third kappa shape index (κ3) is 4.00. The molecule has 0 saturated heterocycles. The first-order valence-electron chi connectivity index (χ1n) is 7.86. The molecule has 2 rings (SSSR count). The third-order valence-corrected chi connectivity index (χ3v) is 3.77. The van der Waals surface area contributed by atoms with Gasteiger partial charge in [-0.3, -0.25) is 9.59 Å². The maximum absolute atomic E-state index is 12.2. The number of amides is 1. The van der Waals surface area contributed by atoms with Gasteiger partial charge in [0.1, 0.15) is 13.2 Å². The van der Waals surface area contributed by atoms with Crippen LogP contribution in [0.15, 0.2) is 18.2 Å². The Morgan fingerprint density at radius 2 is 1.73 bits per heavy atom. The van der Waals surface area contributed by atoms with E-state index < -0.39 is 0 Å². The van der Waals surface area contributed by atoms with E-state index in [9.17, 15) is 9.59 Å². The zero-order chi connectivity index (χ0) is 15.9. The summed E-state index contributed by atoms with van der Waals surface area (Å²) < 4.78 is 10.9. The number of ether oxygens (including phenoxy) is 2. The van der Waals surface area contributed by atoms with Gasteiger partial charge in [0.25, 0.3) is 0 Å². The number of benzene rings is 1. The van der Waals surface area contributed by atoms with Crippen molar-refractivity contribution in [1.29, 1.82) is 0 Å². The van der Waals surface area contributed by atoms with Crippen molar-refractivity contribution in [2.45, 2.75) is 33.1 Å². The van der Waals surface area contributed by atoms with Crippen molar-refractivity contribution in [2.24, 2.45) is 0 Å². The molecule has 120 valence electrons. The minimum atomic E-state index is 0.0318. The van der Waals surface area contributed by atoms with Gasteiger partial charge in [0.05, 0.1) is 0 Å². The Bertz CT molecular complexity index is 537.